The number of fused-ring (bicyclic) bond motifs is 2. The second-order valence-corrected chi connectivity index (χ2v) is 14.6. The Morgan fingerprint density at radius 1 is 0.362 bits per heavy atom. The molecule has 2 atom stereocenters. The number of hydrogen-bond donors (Lipinski definition) is 0. The summed E-state index contributed by atoms with van der Waals surface area (Å²) in [4.78, 5) is 0. The Balaban J connectivity index is 0.00000193. The molecule has 0 N–H and O–H groups in total. The molecule has 2 unspecified atom stereocenters. The van der Waals surface area contributed by atoms with E-state index in [0.29, 0.717) is 0 Å². The van der Waals surface area contributed by atoms with Crippen molar-refractivity contribution in [3.05, 3.63) is 213 Å². The Kier molecular flexibility index (Phi) is 9.43. The van der Waals surface area contributed by atoms with E-state index in [9.17, 15) is 0 Å². The Morgan fingerprint density at radius 3 is 1.06 bits per heavy atom. The Morgan fingerprint density at radius 2 is 0.681 bits per heavy atom. The maximum absolute atomic E-state index is 2.39. The second-order valence-electron chi connectivity index (χ2n) is 12.6. The van der Waals surface area contributed by atoms with Crippen LogP contribution >= 0.6 is 0 Å². The van der Waals surface area contributed by atoms with Crippen LogP contribution in [-0.4, -0.2) is 47.2 Å². The van der Waals surface area contributed by atoms with Gasteiger partial charge >= 0.3 is 37.7 Å². The third kappa shape index (κ3) is 5.23. The SMILES string of the molecule is CC1=Cc2ccccc2C1(c1ccccc1)c1ccc([SiH2]c2ccc(C3(c4ccccc4)C(C)=Cc4ccccc43)cc2)cc1.[LiH].[LiH]. The predicted octanol–water partition coefficient (Wildman–Crippen LogP) is 7.01. The minimum atomic E-state index is -0.647. The van der Waals surface area contributed by atoms with Gasteiger partial charge in [-0.15, -0.1) is 0 Å². The molecule has 6 aromatic rings. The van der Waals surface area contributed by atoms with Gasteiger partial charge in [-0.2, -0.15) is 0 Å². The minimum absolute atomic E-state index is 0. The van der Waals surface area contributed by atoms with E-state index in [-0.39, 0.29) is 48.6 Å². The average Bonchev–Trinajstić information content (AvgIpc) is 3.57. The fourth-order valence-electron chi connectivity index (χ4n) is 8.26. The van der Waals surface area contributed by atoms with E-state index in [1.165, 1.54) is 66.0 Å². The summed E-state index contributed by atoms with van der Waals surface area (Å²) in [6.45, 7) is 4.58. The third-order valence-electron chi connectivity index (χ3n) is 10.3. The zero-order valence-corrected chi connectivity index (χ0v) is 27.3. The fourth-order valence-corrected chi connectivity index (χ4v) is 9.67. The van der Waals surface area contributed by atoms with Gasteiger partial charge in [0, 0.05) is 0 Å². The van der Waals surface area contributed by atoms with Crippen molar-refractivity contribution in [1.82, 2.24) is 0 Å². The van der Waals surface area contributed by atoms with Gasteiger partial charge in [0.15, 0.2) is 0 Å². The van der Waals surface area contributed by atoms with Crippen LogP contribution in [0.5, 0.6) is 0 Å². The molecule has 3 heteroatoms. The summed E-state index contributed by atoms with van der Waals surface area (Å²) in [6, 6.07) is 58.9. The molecule has 0 bridgehead atoms. The standard InChI is InChI=1S/C44H36Si.2Li.2H/c1-31-29-33-13-9-11-19-41(33)43(31,35-15-5-3-6-16-35)37-21-25-39(26-22-37)45-40-27-23-38(24-28-40)44(36-17-7-4-8-18-36)32(2)30-34-14-10-12-20-42(34)44;;;;/h3-30H,45H2,1-2H3;;;;. The van der Waals surface area contributed by atoms with Crippen molar-refractivity contribution in [3.8, 4) is 0 Å². The van der Waals surface area contributed by atoms with E-state index >= 15 is 0 Å². The van der Waals surface area contributed by atoms with E-state index < -0.39 is 9.52 Å². The first kappa shape index (κ1) is 33.1. The first-order valence-corrected chi connectivity index (χ1v) is 17.4. The van der Waals surface area contributed by atoms with E-state index in [4.69, 9.17) is 0 Å². The van der Waals surface area contributed by atoms with Gasteiger partial charge in [-0.3, -0.25) is 0 Å². The molecule has 0 aromatic heterocycles. The van der Waals surface area contributed by atoms with Crippen molar-refractivity contribution >= 4 is 69.8 Å². The summed E-state index contributed by atoms with van der Waals surface area (Å²) in [5, 5.41) is 2.92. The first-order valence-electron chi connectivity index (χ1n) is 16.0. The molecule has 0 amide bonds. The van der Waals surface area contributed by atoms with Crippen LogP contribution in [0.3, 0.4) is 0 Å². The molecule has 2 aliphatic rings. The molecule has 8 rings (SSSR count). The van der Waals surface area contributed by atoms with Crippen molar-refractivity contribution in [2.24, 2.45) is 0 Å². The topological polar surface area (TPSA) is 0 Å². The molecular formula is C44H38Li2Si. The molecule has 47 heavy (non-hydrogen) atoms. The summed E-state index contributed by atoms with van der Waals surface area (Å²) in [5.41, 5.74) is 13.0. The van der Waals surface area contributed by atoms with Gasteiger partial charge in [0.2, 0.25) is 0 Å². The van der Waals surface area contributed by atoms with Crippen LogP contribution in [0.25, 0.3) is 12.2 Å². The molecule has 0 radical (unpaired) electrons. The van der Waals surface area contributed by atoms with E-state index in [2.05, 4.69) is 184 Å². The second kappa shape index (κ2) is 13.4. The normalized spacial score (nSPS) is 19.3. The first-order chi connectivity index (χ1) is 22.1. The van der Waals surface area contributed by atoms with Gasteiger partial charge in [-0.05, 0) is 58.4 Å². The third-order valence-corrected chi connectivity index (χ3v) is 12.0. The van der Waals surface area contributed by atoms with Crippen LogP contribution in [0.1, 0.15) is 58.4 Å². The Bertz CT molecular complexity index is 1930. The van der Waals surface area contributed by atoms with E-state index in [1.54, 1.807) is 0 Å². The monoisotopic (exact) mass is 608 g/mol. The molecule has 6 aromatic carbocycles. The van der Waals surface area contributed by atoms with Gasteiger partial charge in [0.1, 0.15) is 0 Å². The summed E-state index contributed by atoms with van der Waals surface area (Å²) < 4.78 is 0. The molecular weight excluding hydrogens is 570 g/mol. The summed E-state index contributed by atoms with van der Waals surface area (Å²) in [7, 11) is -0.647. The van der Waals surface area contributed by atoms with E-state index in [0.717, 1.165) is 0 Å². The molecule has 0 spiro atoms. The van der Waals surface area contributed by atoms with Crippen LogP contribution in [0.15, 0.2) is 169 Å². The van der Waals surface area contributed by atoms with Crippen LogP contribution in [0.4, 0.5) is 0 Å². The van der Waals surface area contributed by atoms with E-state index in [1.807, 2.05) is 0 Å². The number of rotatable bonds is 6. The zero-order valence-electron chi connectivity index (χ0n) is 25.9. The van der Waals surface area contributed by atoms with Gasteiger partial charge in [-0.25, -0.2) is 0 Å². The average molecular weight is 609 g/mol. The van der Waals surface area contributed by atoms with Crippen LogP contribution in [-0.2, 0) is 10.8 Å². The number of allylic oxidation sites excluding steroid dienone is 2. The Hall–Kier alpha value is -3.79. The predicted molar refractivity (Wildman–Crippen MR) is 208 cm³/mol. The van der Waals surface area contributed by atoms with Gasteiger partial charge < -0.3 is 0 Å². The molecule has 0 saturated carbocycles. The molecule has 0 aliphatic heterocycles. The van der Waals surface area contributed by atoms with Crippen LogP contribution in [0, 0.1) is 0 Å². The van der Waals surface area contributed by atoms with Gasteiger partial charge in [0.05, 0.1) is 20.3 Å². The molecule has 220 valence electrons. The summed E-state index contributed by atoms with van der Waals surface area (Å²) in [6.07, 6.45) is 4.74. The molecule has 0 saturated heterocycles. The molecule has 0 nitrogen and oxygen atoms in total. The zero-order chi connectivity index (χ0) is 30.4. The molecule has 2 aliphatic carbocycles. The van der Waals surface area contributed by atoms with Crippen molar-refractivity contribution in [3.63, 3.8) is 0 Å². The van der Waals surface area contributed by atoms with Crippen molar-refractivity contribution in [1.29, 1.82) is 0 Å². The van der Waals surface area contributed by atoms with Crippen molar-refractivity contribution in [2.45, 2.75) is 24.7 Å². The van der Waals surface area contributed by atoms with Gasteiger partial charge in [-0.1, -0.05) is 191 Å². The summed E-state index contributed by atoms with van der Waals surface area (Å²) >= 11 is 0. The Labute approximate surface area is 305 Å². The van der Waals surface area contributed by atoms with Crippen LogP contribution < -0.4 is 10.4 Å². The molecule has 0 heterocycles. The quantitative estimate of drug-likeness (QED) is 0.179. The van der Waals surface area contributed by atoms with Crippen molar-refractivity contribution in [2.75, 3.05) is 0 Å². The fraction of sp³-hybridized carbons (Fsp3) is 0.0909. The number of benzene rings is 6. The number of hydrogen-bond acceptors (Lipinski definition) is 0. The maximum atomic E-state index is 2.39. The van der Waals surface area contributed by atoms with Crippen molar-refractivity contribution < 1.29 is 0 Å². The summed E-state index contributed by atoms with van der Waals surface area (Å²) in [5.74, 6) is 0. The van der Waals surface area contributed by atoms with Gasteiger partial charge in [0.25, 0.3) is 0 Å². The van der Waals surface area contributed by atoms with Crippen LogP contribution in [0.2, 0.25) is 0 Å². The molecule has 0 fully saturated rings.